The molecule has 9 nitrogen and oxygen atoms in total. The zero-order chi connectivity index (χ0) is 23.1. The van der Waals surface area contributed by atoms with Crippen molar-refractivity contribution in [1.82, 2.24) is 15.5 Å². The second kappa shape index (κ2) is 11.2. The first-order chi connectivity index (χ1) is 15.4. The Morgan fingerprint density at radius 3 is 2.62 bits per heavy atom. The molecule has 3 atom stereocenters. The maximum Gasteiger partial charge on any atom is 0.319 e. The zero-order valence-corrected chi connectivity index (χ0v) is 19.1. The summed E-state index contributed by atoms with van der Waals surface area (Å²) in [4.78, 5) is 39.0. The van der Waals surface area contributed by atoms with Gasteiger partial charge < -0.3 is 30.3 Å². The average Bonchev–Trinajstić information content (AvgIpc) is 2.79. The highest BCUT2D eigenvalue weighted by Gasteiger charge is 2.39. The quantitative estimate of drug-likeness (QED) is 0.596. The van der Waals surface area contributed by atoms with E-state index >= 15 is 0 Å². The van der Waals surface area contributed by atoms with Crippen molar-refractivity contribution in [1.29, 1.82) is 0 Å². The van der Waals surface area contributed by atoms with Crippen LogP contribution in [0.3, 0.4) is 0 Å². The average molecular weight is 447 g/mol. The molecule has 0 bridgehead atoms. The molecule has 0 spiro atoms. The lowest BCUT2D eigenvalue weighted by molar-refractivity contribution is -0.134. The molecule has 2 aliphatic rings. The summed E-state index contributed by atoms with van der Waals surface area (Å²) in [6, 6.07) is 4.59. The first kappa shape index (κ1) is 23.8. The van der Waals surface area contributed by atoms with Gasteiger partial charge in [0.1, 0.15) is 18.5 Å². The van der Waals surface area contributed by atoms with Crippen molar-refractivity contribution in [3.63, 3.8) is 0 Å². The maximum atomic E-state index is 13.2. The van der Waals surface area contributed by atoms with Gasteiger partial charge in [-0.25, -0.2) is 4.79 Å². The second-order valence-electron chi connectivity index (χ2n) is 8.31. The van der Waals surface area contributed by atoms with Gasteiger partial charge in [0.05, 0.1) is 24.1 Å². The Morgan fingerprint density at radius 1 is 1.12 bits per heavy atom. The first-order valence-corrected chi connectivity index (χ1v) is 11.4. The van der Waals surface area contributed by atoms with Crippen molar-refractivity contribution in [3.05, 3.63) is 23.8 Å². The van der Waals surface area contributed by atoms with Crippen molar-refractivity contribution in [2.75, 3.05) is 32.1 Å². The molecule has 4 amide bonds. The van der Waals surface area contributed by atoms with Crippen LogP contribution in [-0.4, -0.2) is 67.7 Å². The SMILES string of the molecule is CCCNC(=O)C[C@H]1CC[C@H]2[C@@H](COc3ccc(NC(=O)NCCC)cc3C(=O)N2C)O1. The van der Waals surface area contributed by atoms with Crippen LogP contribution in [0, 0.1) is 0 Å². The summed E-state index contributed by atoms with van der Waals surface area (Å²) in [5, 5.41) is 8.39. The molecular weight excluding hydrogens is 412 g/mol. The van der Waals surface area contributed by atoms with E-state index in [1.807, 2.05) is 13.8 Å². The van der Waals surface area contributed by atoms with Gasteiger partial charge in [-0.05, 0) is 43.9 Å². The van der Waals surface area contributed by atoms with Crippen LogP contribution in [0.4, 0.5) is 10.5 Å². The van der Waals surface area contributed by atoms with Gasteiger partial charge in [0.25, 0.3) is 5.91 Å². The summed E-state index contributed by atoms with van der Waals surface area (Å²) in [7, 11) is 1.76. The predicted molar refractivity (Wildman–Crippen MR) is 121 cm³/mol. The summed E-state index contributed by atoms with van der Waals surface area (Å²) in [5.41, 5.74) is 0.929. The molecule has 3 N–H and O–H groups in total. The number of likely N-dealkylation sites (N-methyl/N-ethyl adjacent to an activating group) is 1. The molecule has 0 radical (unpaired) electrons. The Bertz CT molecular complexity index is 831. The van der Waals surface area contributed by atoms with Crippen LogP contribution in [0.1, 0.15) is 56.3 Å². The van der Waals surface area contributed by atoms with Gasteiger partial charge in [-0.2, -0.15) is 0 Å². The minimum Gasteiger partial charge on any atom is -0.490 e. The molecule has 0 saturated carbocycles. The van der Waals surface area contributed by atoms with Crippen molar-refractivity contribution in [3.8, 4) is 5.75 Å². The van der Waals surface area contributed by atoms with Crippen molar-refractivity contribution in [2.24, 2.45) is 0 Å². The summed E-state index contributed by atoms with van der Waals surface area (Å²) in [5.74, 6) is 0.251. The number of rotatable bonds is 7. The van der Waals surface area contributed by atoms with Crippen LogP contribution >= 0.6 is 0 Å². The van der Waals surface area contributed by atoms with E-state index in [0.717, 1.165) is 19.3 Å². The molecule has 3 rings (SSSR count). The molecule has 1 fully saturated rings. The molecule has 9 heteroatoms. The highest BCUT2D eigenvalue weighted by molar-refractivity contribution is 5.99. The lowest BCUT2D eigenvalue weighted by atomic mass is 9.94. The maximum absolute atomic E-state index is 13.2. The highest BCUT2D eigenvalue weighted by Crippen LogP contribution is 2.32. The molecule has 0 aliphatic carbocycles. The molecule has 0 unspecified atom stereocenters. The number of urea groups is 1. The lowest BCUT2D eigenvalue weighted by Gasteiger charge is -2.42. The van der Waals surface area contributed by atoms with E-state index in [1.54, 1.807) is 30.1 Å². The fourth-order valence-corrected chi connectivity index (χ4v) is 4.06. The smallest absolute Gasteiger partial charge is 0.319 e. The summed E-state index contributed by atoms with van der Waals surface area (Å²) in [6.07, 6.45) is 2.97. The molecular formula is C23H34N4O5. The van der Waals surface area contributed by atoms with E-state index in [9.17, 15) is 14.4 Å². The molecule has 2 aliphatic heterocycles. The molecule has 1 aromatic carbocycles. The largest absolute Gasteiger partial charge is 0.490 e. The monoisotopic (exact) mass is 446 g/mol. The summed E-state index contributed by atoms with van der Waals surface area (Å²) < 4.78 is 12.1. The van der Waals surface area contributed by atoms with Crippen LogP contribution < -0.4 is 20.7 Å². The van der Waals surface area contributed by atoms with Crippen molar-refractivity contribution in [2.45, 2.75) is 64.2 Å². The number of ether oxygens (including phenoxy) is 2. The number of hydrogen-bond acceptors (Lipinski definition) is 5. The van der Waals surface area contributed by atoms with Crippen LogP contribution in [0.15, 0.2) is 18.2 Å². The number of carbonyl (C=O) groups excluding carboxylic acids is 3. The van der Waals surface area contributed by atoms with Gasteiger partial charge in [0.15, 0.2) is 0 Å². The third kappa shape index (κ3) is 5.91. The Hall–Kier alpha value is -2.81. The minimum atomic E-state index is -0.313. The standard InChI is InChI=1S/C23H34N4O5/c1-4-10-24-21(28)13-16-7-8-18-20(32-16)14-31-19-9-6-15(26-23(30)25-11-5-2)12-17(19)22(29)27(18)3/h6,9,12,16,18,20H,4-5,7-8,10-11,13-14H2,1-3H3,(H,24,28)(H2,25,26,30)/t16-,18+,20-/m1/s1. The minimum absolute atomic E-state index is 0.0140. The third-order valence-electron chi connectivity index (χ3n) is 5.79. The first-order valence-electron chi connectivity index (χ1n) is 11.4. The van der Waals surface area contributed by atoms with E-state index in [-0.39, 0.29) is 42.7 Å². The van der Waals surface area contributed by atoms with Crippen LogP contribution in [0.2, 0.25) is 0 Å². The van der Waals surface area contributed by atoms with Crippen LogP contribution in [-0.2, 0) is 9.53 Å². The lowest BCUT2D eigenvalue weighted by Crippen LogP contribution is -2.54. The number of benzene rings is 1. The van der Waals surface area contributed by atoms with E-state index < -0.39 is 0 Å². The number of carbonyl (C=O) groups is 3. The Balaban J connectivity index is 1.69. The topological polar surface area (TPSA) is 109 Å². The Kier molecular flexibility index (Phi) is 8.33. The van der Waals surface area contributed by atoms with Crippen molar-refractivity contribution >= 4 is 23.5 Å². The van der Waals surface area contributed by atoms with E-state index in [2.05, 4.69) is 16.0 Å². The van der Waals surface area contributed by atoms with Crippen LogP contribution in [0.5, 0.6) is 5.75 Å². The van der Waals surface area contributed by atoms with Gasteiger partial charge in [0, 0.05) is 25.8 Å². The van der Waals surface area contributed by atoms with E-state index in [1.165, 1.54) is 0 Å². The van der Waals surface area contributed by atoms with Gasteiger partial charge in [0.2, 0.25) is 5.91 Å². The van der Waals surface area contributed by atoms with E-state index in [0.29, 0.717) is 42.9 Å². The number of anilines is 1. The Labute approximate surface area is 189 Å². The number of nitrogens with one attached hydrogen (secondary N) is 3. The predicted octanol–water partition coefficient (Wildman–Crippen LogP) is 2.51. The van der Waals surface area contributed by atoms with E-state index in [4.69, 9.17) is 9.47 Å². The van der Waals surface area contributed by atoms with Gasteiger partial charge in [-0.1, -0.05) is 13.8 Å². The summed E-state index contributed by atoms with van der Waals surface area (Å²) in [6.45, 7) is 5.51. The zero-order valence-electron chi connectivity index (χ0n) is 19.1. The number of nitrogens with zero attached hydrogens (tertiary/aromatic N) is 1. The normalized spacial score (nSPS) is 22.5. The molecule has 2 heterocycles. The number of fused-ring (bicyclic) bond motifs is 2. The third-order valence-corrected chi connectivity index (χ3v) is 5.79. The molecule has 176 valence electrons. The molecule has 32 heavy (non-hydrogen) atoms. The van der Waals surface area contributed by atoms with Gasteiger partial charge >= 0.3 is 6.03 Å². The molecule has 1 saturated heterocycles. The summed E-state index contributed by atoms with van der Waals surface area (Å²) >= 11 is 0. The van der Waals surface area contributed by atoms with Crippen molar-refractivity contribution < 1.29 is 23.9 Å². The highest BCUT2D eigenvalue weighted by atomic mass is 16.5. The fraction of sp³-hybridized carbons (Fsp3) is 0.609. The molecule has 0 aromatic heterocycles. The van der Waals surface area contributed by atoms with Gasteiger partial charge in [-0.15, -0.1) is 0 Å². The van der Waals surface area contributed by atoms with Crippen LogP contribution in [0.25, 0.3) is 0 Å². The fourth-order valence-electron chi connectivity index (χ4n) is 4.06. The molecule has 1 aromatic rings. The number of hydrogen-bond donors (Lipinski definition) is 3. The second-order valence-corrected chi connectivity index (χ2v) is 8.31. The Morgan fingerprint density at radius 2 is 1.88 bits per heavy atom. The number of amides is 4. The van der Waals surface area contributed by atoms with Gasteiger partial charge in [-0.3, -0.25) is 9.59 Å².